The minimum absolute atomic E-state index is 0.0398. The highest BCUT2D eigenvalue weighted by atomic mass is 79.9. The Kier molecular flexibility index (Phi) is 4.66. The average Bonchev–Trinajstić information content (AvgIpc) is 2.37. The molecule has 0 atom stereocenters. The number of halogens is 3. The first-order chi connectivity index (χ1) is 9.08. The molecular formula is C13H8BrF2NOS. The second-order valence-electron chi connectivity index (χ2n) is 3.63. The highest BCUT2D eigenvalue weighted by Gasteiger charge is 2.13. The molecule has 2 aromatic rings. The van der Waals surface area contributed by atoms with Gasteiger partial charge in [-0.25, -0.2) is 13.8 Å². The van der Waals surface area contributed by atoms with E-state index in [-0.39, 0.29) is 11.3 Å². The van der Waals surface area contributed by atoms with E-state index in [0.29, 0.717) is 11.1 Å². The van der Waals surface area contributed by atoms with Gasteiger partial charge in [-0.15, -0.1) is 0 Å². The van der Waals surface area contributed by atoms with Crippen molar-refractivity contribution in [3.63, 3.8) is 0 Å². The van der Waals surface area contributed by atoms with Gasteiger partial charge in [-0.2, -0.15) is 0 Å². The molecule has 6 heteroatoms. The van der Waals surface area contributed by atoms with Crippen LogP contribution >= 0.6 is 27.7 Å². The van der Waals surface area contributed by atoms with E-state index in [9.17, 15) is 13.6 Å². The molecule has 0 saturated heterocycles. The third-order valence-corrected chi connectivity index (χ3v) is 4.20. The van der Waals surface area contributed by atoms with Gasteiger partial charge in [0, 0.05) is 16.7 Å². The lowest BCUT2D eigenvalue weighted by molar-refractivity contribution is 0.101. The number of carbonyl (C=O) groups is 1. The molecular weight excluding hydrogens is 336 g/mol. The van der Waals surface area contributed by atoms with Crippen LogP contribution < -0.4 is 0 Å². The summed E-state index contributed by atoms with van der Waals surface area (Å²) in [6, 6.07) is 6.49. The van der Waals surface area contributed by atoms with Crippen molar-refractivity contribution in [2.45, 2.75) is 5.03 Å². The van der Waals surface area contributed by atoms with Gasteiger partial charge in [0.1, 0.15) is 16.7 Å². The number of aromatic nitrogens is 1. The Hall–Kier alpha value is -1.27. The van der Waals surface area contributed by atoms with Gasteiger partial charge in [0.05, 0.1) is 11.3 Å². The van der Waals surface area contributed by atoms with Crippen LogP contribution in [0.2, 0.25) is 0 Å². The van der Waals surface area contributed by atoms with Crippen molar-refractivity contribution in [2.24, 2.45) is 0 Å². The van der Waals surface area contributed by atoms with Crippen LogP contribution in [0.25, 0.3) is 0 Å². The Morgan fingerprint density at radius 3 is 2.79 bits per heavy atom. The topological polar surface area (TPSA) is 30.0 Å². The molecule has 0 aliphatic rings. The molecule has 0 bridgehead atoms. The fourth-order valence-corrected chi connectivity index (χ4v) is 2.77. The summed E-state index contributed by atoms with van der Waals surface area (Å²) in [4.78, 5) is 15.9. The minimum atomic E-state index is -0.842. The number of rotatable bonds is 4. The smallest absolute Gasteiger partial charge is 0.176 e. The van der Waals surface area contributed by atoms with E-state index in [1.165, 1.54) is 11.8 Å². The van der Waals surface area contributed by atoms with Gasteiger partial charge in [0.25, 0.3) is 0 Å². The Labute approximate surface area is 121 Å². The normalized spacial score (nSPS) is 10.5. The van der Waals surface area contributed by atoms with Gasteiger partial charge >= 0.3 is 0 Å². The van der Waals surface area contributed by atoms with Gasteiger partial charge < -0.3 is 0 Å². The van der Waals surface area contributed by atoms with Crippen molar-refractivity contribution in [1.29, 1.82) is 0 Å². The number of carbonyl (C=O) groups excluding carboxylic acids is 1. The quantitative estimate of drug-likeness (QED) is 0.618. The maximum absolute atomic E-state index is 13.4. The number of ketones is 1. The van der Waals surface area contributed by atoms with Gasteiger partial charge in [0.15, 0.2) is 5.78 Å². The van der Waals surface area contributed by atoms with Crippen LogP contribution in [0, 0.1) is 11.6 Å². The second-order valence-corrected chi connectivity index (χ2v) is 5.44. The number of benzene rings is 1. The maximum Gasteiger partial charge on any atom is 0.176 e. The van der Waals surface area contributed by atoms with Crippen molar-refractivity contribution in [2.75, 3.05) is 5.75 Å². The molecule has 0 aliphatic heterocycles. The van der Waals surface area contributed by atoms with Gasteiger partial charge in [0.2, 0.25) is 0 Å². The summed E-state index contributed by atoms with van der Waals surface area (Å²) >= 11 is 4.50. The summed E-state index contributed by atoms with van der Waals surface area (Å²) in [6.45, 7) is 0. The van der Waals surface area contributed by atoms with E-state index in [0.717, 1.165) is 16.6 Å². The maximum atomic E-state index is 13.4. The van der Waals surface area contributed by atoms with Gasteiger partial charge in [-0.1, -0.05) is 11.8 Å². The number of pyridine rings is 1. The van der Waals surface area contributed by atoms with Crippen molar-refractivity contribution in [1.82, 2.24) is 4.98 Å². The van der Waals surface area contributed by atoms with E-state index in [1.54, 1.807) is 18.3 Å². The van der Waals surface area contributed by atoms with Gasteiger partial charge in [-0.05, 0) is 40.2 Å². The van der Waals surface area contributed by atoms with E-state index >= 15 is 0 Å². The summed E-state index contributed by atoms with van der Waals surface area (Å²) in [5.41, 5.74) is -0.110. The van der Waals surface area contributed by atoms with E-state index in [4.69, 9.17) is 0 Å². The summed E-state index contributed by atoms with van der Waals surface area (Å²) in [5, 5.41) is 0.651. The van der Waals surface area contributed by atoms with Crippen molar-refractivity contribution in [3.8, 4) is 0 Å². The zero-order valence-corrected chi connectivity index (χ0v) is 12.0. The van der Waals surface area contributed by atoms with Crippen LogP contribution in [0.4, 0.5) is 8.78 Å². The third-order valence-electron chi connectivity index (χ3n) is 2.30. The molecule has 0 saturated carbocycles. The summed E-state index contributed by atoms with van der Waals surface area (Å²) in [6.07, 6.45) is 1.61. The summed E-state index contributed by atoms with van der Waals surface area (Å²) in [7, 11) is 0. The first kappa shape index (κ1) is 14.1. The lowest BCUT2D eigenvalue weighted by atomic mass is 10.1. The van der Waals surface area contributed by atoms with Crippen LogP contribution in [0.1, 0.15) is 10.4 Å². The van der Waals surface area contributed by atoms with Crippen LogP contribution in [-0.4, -0.2) is 16.5 Å². The molecule has 0 spiro atoms. The van der Waals surface area contributed by atoms with E-state index in [2.05, 4.69) is 20.9 Å². The van der Waals surface area contributed by atoms with E-state index < -0.39 is 17.4 Å². The third kappa shape index (κ3) is 3.61. The van der Waals surface area contributed by atoms with Crippen molar-refractivity contribution in [3.05, 3.63) is 58.2 Å². The van der Waals surface area contributed by atoms with Crippen molar-refractivity contribution >= 4 is 33.5 Å². The monoisotopic (exact) mass is 343 g/mol. The minimum Gasteiger partial charge on any atom is -0.293 e. The van der Waals surface area contributed by atoms with Crippen molar-refractivity contribution < 1.29 is 13.6 Å². The molecule has 2 nitrogen and oxygen atoms in total. The zero-order valence-electron chi connectivity index (χ0n) is 9.57. The molecule has 0 aliphatic carbocycles. The van der Waals surface area contributed by atoms with Crippen LogP contribution in [-0.2, 0) is 0 Å². The van der Waals surface area contributed by atoms with E-state index in [1.807, 2.05) is 0 Å². The lowest BCUT2D eigenvalue weighted by Gasteiger charge is -2.04. The molecule has 0 N–H and O–H groups in total. The predicted molar refractivity (Wildman–Crippen MR) is 73.3 cm³/mol. The number of Topliss-reactive ketones (excluding diaryl/α,β-unsaturated/α-hetero) is 1. The first-order valence-corrected chi connectivity index (χ1v) is 7.07. The fourth-order valence-electron chi connectivity index (χ4n) is 1.40. The Morgan fingerprint density at radius 1 is 1.32 bits per heavy atom. The molecule has 0 amide bonds. The first-order valence-electron chi connectivity index (χ1n) is 5.29. The largest absolute Gasteiger partial charge is 0.293 e. The standard InChI is InChI=1S/C13H8BrF2NOS/c14-10-2-1-5-17-13(10)19-7-12(18)9-4-3-8(15)6-11(9)16/h1-6H,7H2. The number of thioether (sulfide) groups is 1. The lowest BCUT2D eigenvalue weighted by Crippen LogP contribution is -2.06. The van der Waals surface area contributed by atoms with Gasteiger partial charge in [-0.3, -0.25) is 4.79 Å². The number of hydrogen-bond donors (Lipinski definition) is 0. The summed E-state index contributed by atoms with van der Waals surface area (Å²) < 4.78 is 26.9. The molecule has 0 unspecified atom stereocenters. The molecule has 1 aromatic heterocycles. The number of nitrogens with zero attached hydrogens (tertiary/aromatic N) is 1. The van der Waals surface area contributed by atoms with Crippen LogP contribution in [0.3, 0.4) is 0 Å². The molecule has 1 heterocycles. The molecule has 0 radical (unpaired) electrons. The number of hydrogen-bond acceptors (Lipinski definition) is 3. The Bertz CT molecular complexity index is 621. The highest BCUT2D eigenvalue weighted by molar-refractivity contribution is 9.10. The zero-order chi connectivity index (χ0) is 13.8. The second kappa shape index (κ2) is 6.25. The molecule has 0 fully saturated rings. The van der Waals surface area contributed by atoms with Crippen LogP contribution in [0.15, 0.2) is 46.0 Å². The fraction of sp³-hybridized carbons (Fsp3) is 0.0769. The molecule has 19 heavy (non-hydrogen) atoms. The Balaban J connectivity index is 2.08. The predicted octanol–water partition coefficient (Wildman–Crippen LogP) is 4.10. The van der Waals surface area contributed by atoms with Crippen LogP contribution in [0.5, 0.6) is 0 Å². The molecule has 1 aromatic carbocycles. The molecule has 98 valence electrons. The summed E-state index contributed by atoms with van der Waals surface area (Å²) in [5.74, 6) is -1.90. The average molecular weight is 344 g/mol. The SMILES string of the molecule is O=C(CSc1ncccc1Br)c1ccc(F)cc1F. The Morgan fingerprint density at radius 2 is 2.11 bits per heavy atom. The highest BCUT2D eigenvalue weighted by Crippen LogP contribution is 2.25. The molecule has 2 rings (SSSR count).